The van der Waals surface area contributed by atoms with Crippen LogP contribution in [0.4, 0.5) is 5.13 Å². The number of aryl methyl sites for hydroxylation is 1. The first-order valence-electron chi connectivity index (χ1n) is 24.4. The van der Waals surface area contributed by atoms with E-state index in [0.717, 1.165) is 38.3 Å². The number of carbonyl (C=O) groups excluding carboxylic acids is 4. The predicted octanol–water partition coefficient (Wildman–Crippen LogP) is 9.99. The normalized spacial score (nSPS) is 15.9. The van der Waals surface area contributed by atoms with Gasteiger partial charge >= 0.3 is 11.9 Å². The van der Waals surface area contributed by atoms with Crippen LogP contribution in [0.25, 0.3) is 0 Å². The van der Waals surface area contributed by atoms with Gasteiger partial charge in [-0.1, -0.05) is 157 Å². The molecule has 0 unspecified atom stereocenters. The summed E-state index contributed by atoms with van der Waals surface area (Å²) in [6.07, 6.45) is 3.17. The van der Waals surface area contributed by atoms with E-state index in [1.54, 1.807) is 37.9 Å². The number of hydrogen-bond donors (Lipinski definition) is 2. The Labute approximate surface area is 449 Å². The van der Waals surface area contributed by atoms with Crippen molar-refractivity contribution in [3.05, 3.63) is 226 Å². The van der Waals surface area contributed by atoms with Crippen LogP contribution in [-0.4, -0.2) is 73.5 Å². The number of benzene rings is 5. The van der Waals surface area contributed by atoms with Crippen LogP contribution in [0.3, 0.4) is 0 Å². The Balaban J connectivity index is 1.04. The molecule has 2 aliphatic rings. The van der Waals surface area contributed by atoms with Crippen LogP contribution in [-0.2, 0) is 46.1 Å². The van der Waals surface area contributed by atoms with Crippen molar-refractivity contribution in [2.75, 3.05) is 16.8 Å². The third-order valence-electron chi connectivity index (χ3n) is 12.4. The van der Waals surface area contributed by atoms with Crippen LogP contribution in [0.5, 0.6) is 0 Å². The number of esters is 2. The van der Waals surface area contributed by atoms with Gasteiger partial charge in [0.25, 0.3) is 11.8 Å². The van der Waals surface area contributed by atoms with E-state index in [1.165, 1.54) is 41.8 Å². The summed E-state index contributed by atoms with van der Waals surface area (Å²) in [4.78, 5) is 71.1. The number of rotatable bonds is 18. The van der Waals surface area contributed by atoms with Crippen molar-refractivity contribution in [1.82, 2.24) is 15.2 Å². The van der Waals surface area contributed by atoms with Crippen LogP contribution >= 0.6 is 34.9 Å². The van der Waals surface area contributed by atoms with Crippen LogP contribution in [0.1, 0.15) is 74.2 Å². The molecule has 0 bridgehead atoms. The maximum atomic E-state index is 14.9. The average Bonchev–Trinajstić information content (AvgIpc) is 3.88. The number of anilines is 1. The number of oxime groups is 1. The molecular weight excluding hydrogens is 1000 g/mol. The number of nitrogens with zero attached hydrogens (tertiary/aromatic N) is 4. The van der Waals surface area contributed by atoms with Crippen molar-refractivity contribution in [1.29, 1.82) is 0 Å². The molecule has 0 radical (unpaired) electrons. The van der Waals surface area contributed by atoms with Gasteiger partial charge in [0.1, 0.15) is 41.0 Å². The van der Waals surface area contributed by atoms with E-state index in [9.17, 15) is 19.2 Å². The number of hydrogen-bond acceptors (Lipinski definition) is 13. The lowest BCUT2D eigenvalue weighted by atomic mass is 9.77. The number of thiazole rings is 1. The van der Waals surface area contributed by atoms with E-state index in [4.69, 9.17) is 19.3 Å². The number of nitrogens with one attached hydrogen (secondary N) is 2. The highest BCUT2D eigenvalue weighted by atomic mass is 32.2. The number of pyridine rings is 1. The highest BCUT2D eigenvalue weighted by Crippen LogP contribution is 2.44. The lowest BCUT2D eigenvalue weighted by molar-refractivity contribution is -0.673. The second-order valence-corrected chi connectivity index (χ2v) is 22.5. The van der Waals surface area contributed by atoms with Gasteiger partial charge in [0, 0.05) is 23.0 Å². The Bertz CT molecular complexity index is 3090. The van der Waals surface area contributed by atoms with Crippen molar-refractivity contribution < 1.29 is 38.1 Å². The summed E-state index contributed by atoms with van der Waals surface area (Å²) in [6, 6.07) is 51.9. The minimum absolute atomic E-state index is 0.119. The van der Waals surface area contributed by atoms with Gasteiger partial charge in [-0.3, -0.25) is 14.5 Å². The molecule has 2 N–H and O–H groups in total. The lowest BCUT2D eigenvalue weighted by Crippen LogP contribution is -2.71. The number of amides is 2. The summed E-state index contributed by atoms with van der Waals surface area (Å²) in [7, 11) is 1.94. The Morgan fingerprint density at radius 3 is 1.87 bits per heavy atom. The molecule has 0 spiro atoms. The molecule has 2 atom stereocenters. The summed E-state index contributed by atoms with van der Waals surface area (Å²) in [5.74, 6) is -1.89. The summed E-state index contributed by atoms with van der Waals surface area (Å²) in [5.41, 5.74) is 1.61. The molecule has 2 aromatic heterocycles. The fraction of sp³-hybridized carbons (Fsp3) is 0.237. The van der Waals surface area contributed by atoms with Gasteiger partial charge < -0.3 is 24.9 Å². The number of fused-ring (bicyclic) bond motifs is 1. The standard InChI is InChI=1S/C59H56N6O7S3/c1-57(2,3)71-55(69)58(4,5)72-63-47(46-38-75-56(60-46)62-59(42-27-16-9-17-28-42,43-29-18-10-19-30-43)44-31-20-11-21-32-44)51(66)61-48-52(67)65-49(41(37-74-53(48)65)36-73-45-33-22-34-64(6)35-45)54(68)70-50(39-23-12-7-13-24-39)40-25-14-8-15-26-40/h7-35,38,48,50,53H,36-37H2,1-6H3,(H-,60,61,62,66)/p+1/b63-47-/t48-,53-/m1/s1. The molecule has 9 rings (SSSR count). The average molecular weight is 1060 g/mol. The zero-order chi connectivity index (χ0) is 52.7. The van der Waals surface area contributed by atoms with Crippen LogP contribution < -0.4 is 15.2 Å². The Kier molecular flexibility index (Phi) is 15.7. The molecule has 1 fully saturated rings. The fourth-order valence-electron chi connectivity index (χ4n) is 8.74. The van der Waals surface area contributed by atoms with Crippen molar-refractivity contribution >= 4 is 69.5 Å². The third kappa shape index (κ3) is 11.7. The van der Waals surface area contributed by atoms with Gasteiger partial charge in [-0.05, 0) is 74.1 Å². The van der Waals surface area contributed by atoms with Crippen molar-refractivity contribution in [3.63, 3.8) is 0 Å². The molecule has 16 heteroatoms. The van der Waals surface area contributed by atoms with Gasteiger partial charge in [0.05, 0.1) is 4.90 Å². The van der Waals surface area contributed by atoms with Gasteiger partial charge in [0.2, 0.25) is 5.60 Å². The Morgan fingerprint density at radius 1 is 0.787 bits per heavy atom. The Morgan fingerprint density at radius 2 is 1.33 bits per heavy atom. The zero-order valence-electron chi connectivity index (χ0n) is 42.3. The molecule has 13 nitrogen and oxygen atoms in total. The van der Waals surface area contributed by atoms with E-state index in [1.807, 2.05) is 188 Å². The number of thioether (sulfide) groups is 2. The zero-order valence-corrected chi connectivity index (χ0v) is 44.8. The molecule has 7 aromatic rings. The number of aromatic nitrogens is 2. The first-order valence-corrected chi connectivity index (χ1v) is 27.3. The van der Waals surface area contributed by atoms with Crippen LogP contribution in [0.2, 0.25) is 0 Å². The topological polar surface area (TPSA) is 152 Å². The molecule has 382 valence electrons. The number of β-lactam (4-membered cyclic amide) rings is 1. The highest BCUT2D eigenvalue weighted by molar-refractivity contribution is 8.01. The molecule has 75 heavy (non-hydrogen) atoms. The van der Waals surface area contributed by atoms with Gasteiger partial charge in [0.15, 0.2) is 29.3 Å². The molecule has 0 aliphatic carbocycles. The molecule has 5 aromatic carbocycles. The maximum Gasteiger partial charge on any atom is 0.356 e. The molecule has 1 saturated heterocycles. The second-order valence-electron chi connectivity index (χ2n) is 19.5. The van der Waals surface area contributed by atoms with Crippen LogP contribution in [0, 0.1) is 0 Å². The quantitative estimate of drug-likeness (QED) is 0.0161. The van der Waals surface area contributed by atoms with E-state index < -0.39 is 58.0 Å². The largest absolute Gasteiger partial charge is 0.457 e. The lowest BCUT2D eigenvalue weighted by Gasteiger charge is -2.49. The maximum absolute atomic E-state index is 14.9. The first-order chi connectivity index (χ1) is 36.1. The smallest absolute Gasteiger partial charge is 0.356 e. The number of carbonyl (C=O) groups is 4. The molecule has 0 saturated carbocycles. The minimum Gasteiger partial charge on any atom is -0.457 e. The summed E-state index contributed by atoms with van der Waals surface area (Å²) in [6.45, 7) is 8.22. The monoisotopic (exact) mass is 1060 g/mol. The third-order valence-corrected chi connectivity index (χ3v) is 15.6. The molecule has 2 aliphatic heterocycles. The van der Waals surface area contributed by atoms with E-state index >= 15 is 0 Å². The second kappa shape index (κ2) is 22.5. The highest BCUT2D eigenvalue weighted by Gasteiger charge is 2.55. The molecule has 2 amide bonds. The number of ether oxygens (including phenoxy) is 2. The van der Waals surface area contributed by atoms with Gasteiger partial charge in [-0.2, -0.15) is 0 Å². The van der Waals surface area contributed by atoms with Gasteiger partial charge in [-0.25, -0.2) is 19.1 Å². The van der Waals surface area contributed by atoms with E-state index in [2.05, 4.69) is 15.8 Å². The Hall–Kier alpha value is -7.53. The van der Waals surface area contributed by atoms with Crippen molar-refractivity contribution in [3.8, 4) is 0 Å². The fourth-order valence-corrected chi connectivity index (χ4v) is 12.0. The van der Waals surface area contributed by atoms with Crippen molar-refractivity contribution in [2.24, 2.45) is 12.2 Å². The summed E-state index contributed by atoms with van der Waals surface area (Å²) < 4.78 is 14.0. The van der Waals surface area contributed by atoms with Crippen molar-refractivity contribution in [2.45, 2.75) is 73.8 Å². The molecular formula is C59H57N6O7S3+. The van der Waals surface area contributed by atoms with Gasteiger partial charge in [-0.15, -0.1) is 34.9 Å². The predicted molar refractivity (Wildman–Crippen MR) is 294 cm³/mol. The van der Waals surface area contributed by atoms with Crippen LogP contribution in [0.15, 0.2) is 203 Å². The molecule has 4 heterocycles. The first kappa shape index (κ1) is 52.3. The summed E-state index contributed by atoms with van der Waals surface area (Å²) >= 11 is 4.23. The SMILES string of the molecule is C[n+]1cccc(SCC2=C(C(=O)OC(c3ccccc3)c3ccccc3)N3C(=O)[C@@H](NC(=O)/C(=N\OC(C)(C)C(=O)OC(C)(C)C)c4csc(NC(c5ccccc5)(c5ccccc5)c5ccccc5)n4)[C@H]3SC2)c1. The van der Waals surface area contributed by atoms with E-state index in [0.29, 0.717) is 16.6 Å². The minimum atomic E-state index is -1.65. The van der Waals surface area contributed by atoms with E-state index in [-0.39, 0.29) is 17.1 Å². The summed E-state index contributed by atoms with van der Waals surface area (Å²) in [5, 5.41) is 12.4.